The molecule has 0 saturated heterocycles. The molecule has 1 N–H and O–H groups in total. The lowest BCUT2D eigenvalue weighted by Crippen LogP contribution is -2.05. The normalized spacial score (nSPS) is 10.8. The molecule has 0 radical (unpaired) electrons. The molecule has 22 heavy (non-hydrogen) atoms. The van der Waals surface area contributed by atoms with Gasteiger partial charge in [0.1, 0.15) is 0 Å². The van der Waals surface area contributed by atoms with Crippen molar-refractivity contribution in [1.82, 2.24) is 15.1 Å². The van der Waals surface area contributed by atoms with Crippen molar-refractivity contribution in [1.29, 1.82) is 0 Å². The Bertz CT molecular complexity index is 744. The van der Waals surface area contributed by atoms with E-state index in [1.807, 2.05) is 17.8 Å². The second-order valence-electron chi connectivity index (χ2n) is 5.59. The van der Waals surface area contributed by atoms with Gasteiger partial charge in [-0.05, 0) is 25.6 Å². The second kappa shape index (κ2) is 6.58. The maximum Gasteiger partial charge on any atom is 0.0968 e. The molecule has 2 aromatic carbocycles. The van der Waals surface area contributed by atoms with E-state index >= 15 is 0 Å². The van der Waals surface area contributed by atoms with Gasteiger partial charge in [-0.25, -0.2) is 0 Å². The minimum Gasteiger partial charge on any atom is -0.316 e. The highest BCUT2D eigenvalue weighted by molar-refractivity contribution is 5.63. The number of benzene rings is 2. The minimum atomic E-state index is 0.795. The Kier molecular flexibility index (Phi) is 4.35. The van der Waals surface area contributed by atoms with E-state index in [0.717, 1.165) is 18.8 Å². The van der Waals surface area contributed by atoms with Crippen LogP contribution in [0.1, 0.15) is 16.7 Å². The monoisotopic (exact) mass is 291 g/mol. The quantitative estimate of drug-likeness (QED) is 0.778. The maximum atomic E-state index is 4.81. The van der Waals surface area contributed by atoms with Gasteiger partial charge in [0.25, 0.3) is 0 Å². The van der Waals surface area contributed by atoms with Crippen molar-refractivity contribution in [3.63, 3.8) is 0 Å². The average molecular weight is 291 g/mol. The summed E-state index contributed by atoms with van der Waals surface area (Å²) in [7, 11) is 1.97. The van der Waals surface area contributed by atoms with Gasteiger partial charge in [0.05, 0.1) is 12.2 Å². The fourth-order valence-corrected chi connectivity index (χ4v) is 2.67. The Balaban J connectivity index is 1.95. The number of hydrogen-bond donors (Lipinski definition) is 1. The number of nitrogens with one attached hydrogen (secondary N) is 1. The third-order valence-corrected chi connectivity index (χ3v) is 3.68. The summed E-state index contributed by atoms with van der Waals surface area (Å²) in [5.41, 5.74) is 5.98. The van der Waals surface area contributed by atoms with E-state index in [9.17, 15) is 0 Å². The molecule has 0 unspecified atom stereocenters. The van der Waals surface area contributed by atoms with Crippen LogP contribution >= 0.6 is 0 Å². The average Bonchev–Trinajstić information content (AvgIpc) is 2.91. The first-order valence-corrected chi connectivity index (χ1v) is 7.58. The molecule has 0 aliphatic rings. The Labute approximate surface area is 131 Å². The molecule has 0 aliphatic heterocycles. The van der Waals surface area contributed by atoms with Gasteiger partial charge in [-0.1, -0.05) is 54.1 Å². The first-order chi connectivity index (χ1) is 10.8. The topological polar surface area (TPSA) is 29.9 Å². The van der Waals surface area contributed by atoms with Crippen molar-refractivity contribution in [3.05, 3.63) is 77.5 Å². The van der Waals surface area contributed by atoms with Crippen LogP contribution in [-0.2, 0) is 13.1 Å². The zero-order valence-electron chi connectivity index (χ0n) is 13.1. The van der Waals surface area contributed by atoms with E-state index in [2.05, 4.69) is 67.0 Å². The smallest absolute Gasteiger partial charge is 0.0968 e. The summed E-state index contributed by atoms with van der Waals surface area (Å²) in [6.07, 6.45) is 2.14. The molecule has 3 nitrogen and oxygen atoms in total. The molecule has 0 bridgehead atoms. The summed E-state index contributed by atoms with van der Waals surface area (Å²) in [5, 5.41) is 8.04. The molecule has 1 heterocycles. The predicted molar refractivity (Wildman–Crippen MR) is 90.7 cm³/mol. The van der Waals surface area contributed by atoms with E-state index < -0.39 is 0 Å². The molecule has 3 aromatic rings. The van der Waals surface area contributed by atoms with Gasteiger partial charge in [0.15, 0.2) is 0 Å². The van der Waals surface area contributed by atoms with Crippen molar-refractivity contribution in [3.8, 4) is 11.3 Å². The van der Waals surface area contributed by atoms with Crippen molar-refractivity contribution < 1.29 is 0 Å². The van der Waals surface area contributed by atoms with Crippen LogP contribution in [0.2, 0.25) is 0 Å². The number of nitrogens with zero attached hydrogens (tertiary/aromatic N) is 2. The molecule has 1 aromatic heterocycles. The highest BCUT2D eigenvalue weighted by Gasteiger charge is 2.11. The Hall–Kier alpha value is -2.39. The molecular formula is C19H21N3. The third kappa shape index (κ3) is 3.26. The van der Waals surface area contributed by atoms with Crippen molar-refractivity contribution in [2.75, 3.05) is 7.05 Å². The van der Waals surface area contributed by atoms with Gasteiger partial charge in [-0.3, -0.25) is 4.68 Å². The number of aromatic nitrogens is 2. The summed E-state index contributed by atoms with van der Waals surface area (Å²) >= 11 is 0. The second-order valence-corrected chi connectivity index (χ2v) is 5.59. The standard InChI is InChI=1S/C19H21N3/c1-15-7-6-10-17(11-15)19-18(12-20-2)14-22(21-19)13-16-8-4-3-5-9-16/h3-11,14,20H,12-13H2,1-2H3. The number of aryl methyl sites for hydroxylation is 1. The SMILES string of the molecule is CNCc1cn(Cc2ccccc2)nc1-c1cccc(C)c1. The molecule has 0 atom stereocenters. The summed E-state index contributed by atoms with van der Waals surface area (Å²) in [4.78, 5) is 0. The van der Waals surface area contributed by atoms with Crippen molar-refractivity contribution >= 4 is 0 Å². The first kappa shape index (κ1) is 14.5. The minimum absolute atomic E-state index is 0.795. The maximum absolute atomic E-state index is 4.81. The summed E-state index contributed by atoms with van der Waals surface area (Å²) in [5.74, 6) is 0. The van der Waals surface area contributed by atoms with E-state index in [0.29, 0.717) is 0 Å². The summed E-state index contributed by atoms with van der Waals surface area (Å²) < 4.78 is 2.03. The van der Waals surface area contributed by atoms with Gasteiger partial charge in [0, 0.05) is 23.9 Å². The van der Waals surface area contributed by atoms with Gasteiger partial charge < -0.3 is 5.32 Å². The molecule has 0 spiro atoms. The molecular weight excluding hydrogens is 270 g/mol. The van der Waals surface area contributed by atoms with Crippen LogP contribution < -0.4 is 5.32 Å². The molecule has 112 valence electrons. The fraction of sp³-hybridized carbons (Fsp3) is 0.211. The fourth-order valence-electron chi connectivity index (χ4n) is 2.67. The van der Waals surface area contributed by atoms with Gasteiger partial charge in [-0.2, -0.15) is 5.10 Å². The number of hydrogen-bond acceptors (Lipinski definition) is 2. The summed E-state index contributed by atoms with van der Waals surface area (Å²) in [6.45, 7) is 3.73. The van der Waals surface area contributed by atoms with Crippen LogP contribution in [0.25, 0.3) is 11.3 Å². The lowest BCUT2D eigenvalue weighted by Gasteiger charge is -2.03. The van der Waals surface area contributed by atoms with Crippen LogP contribution in [0.15, 0.2) is 60.8 Å². The Morgan fingerprint density at radius 1 is 1.05 bits per heavy atom. The first-order valence-electron chi connectivity index (χ1n) is 7.58. The van der Waals surface area contributed by atoms with Gasteiger partial charge in [-0.15, -0.1) is 0 Å². The lowest BCUT2D eigenvalue weighted by atomic mass is 10.1. The Morgan fingerprint density at radius 3 is 2.59 bits per heavy atom. The molecule has 3 rings (SSSR count). The van der Waals surface area contributed by atoms with Crippen LogP contribution in [0.4, 0.5) is 0 Å². The molecule has 0 saturated carbocycles. The third-order valence-electron chi connectivity index (χ3n) is 3.68. The van der Waals surface area contributed by atoms with Crippen LogP contribution in [-0.4, -0.2) is 16.8 Å². The van der Waals surface area contributed by atoms with Crippen LogP contribution in [0.5, 0.6) is 0 Å². The number of rotatable bonds is 5. The zero-order chi connectivity index (χ0) is 15.4. The molecule has 0 fully saturated rings. The predicted octanol–water partition coefficient (Wildman–Crippen LogP) is 3.63. The zero-order valence-corrected chi connectivity index (χ0v) is 13.1. The van der Waals surface area contributed by atoms with Crippen molar-refractivity contribution in [2.45, 2.75) is 20.0 Å². The molecule has 3 heteroatoms. The molecule has 0 amide bonds. The van der Waals surface area contributed by atoms with E-state index in [4.69, 9.17) is 5.10 Å². The van der Waals surface area contributed by atoms with E-state index in [-0.39, 0.29) is 0 Å². The molecule has 0 aliphatic carbocycles. The van der Waals surface area contributed by atoms with Crippen LogP contribution in [0, 0.1) is 6.92 Å². The summed E-state index contributed by atoms with van der Waals surface area (Å²) in [6, 6.07) is 18.9. The van der Waals surface area contributed by atoms with E-state index in [1.54, 1.807) is 0 Å². The largest absolute Gasteiger partial charge is 0.316 e. The van der Waals surface area contributed by atoms with Crippen molar-refractivity contribution in [2.24, 2.45) is 0 Å². The lowest BCUT2D eigenvalue weighted by molar-refractivity contribution is 0.687. The van der Waals surface area contributed by atoms with E-state index in [1.165, 1.54) is 22.3 Å². The van der Waals surface area contributed by atoms with Crippen LogP contribution in [0.3, 0.4) is 0 Å². The van der Waals surface area contributed by atoms with Gasteiger partial charge >= 0.3 is 0 Å². The highest BCUT2D eigenvalue weighted by atomic mass is 15.3. The Morgan fingerprint density at radius 2 is 1.86 bits per heavy atom. The van der Waals surface area contributed by atoms with Gasteiger partial charge in [0.2, 0.25) is 0 Å². The highest BCUT2D eigenvalue weighted by Crippen LogP contribution is 2.23.